The van der Waals surface area contributed by atoms with Gasteiger partial charge < -0.3 is 14.7 Å². The Labute approximate surface area is 120 Å². The van der Waals surface area contributed by atoms with Gasteiger partial charge in [0.05, 0.1) is 18.8 Å². The van der Waals surface area contributed by atoms with Crippen LogP contribution in [-0.4, -0.2) is 71.8 Å². The van der Waals surface area contributed by atoms with Crippen molar-refractivity contribution in [3.63, 3.8) is 0 Å². The van der Waals surface area contributed by atoms with E-state index in [1.54, 1.807) is 0 Å². The number of aliphatic hydroxyl groups is 1. The van der Waals surface area contributed by atoms with E-state index >= 15 is 0 Å². The predicted molar refractivity (Wildman–Crippen MR) is 75.4 cm³/mol. The lowest BCUT2D eigenvalue weighted by Crippen LogP contribution is -2.55. The van der Waals surface area contributed by atoms with E-state index in [0.717, 1.165) is 32.5 Å². The molecule has 2 saturated heterocycles. The SMILES string of the molecule is O=C1CCCN1CC(O)CN1CCOC2CCCCC21. The van der Waals surface area contributed by atoms with Crippen LogP contribution >= 0.6 is 0 Å². The minimum atomic E-state index is -0.433. The molecule has 0 spiro atoms. The van der Waals surface area contributed by atoms with Gasteiger partial charge in [-0.3, -0.25) is 9.69 Å². The molecule has 1 amide bonds. The van der Waals surface area contributed by atoms with E-state index in [1.165, 1.54) is 19.3 Å². The Morgan fingerprint density at radius 2 is 2.05 bits per heavy atom. The first-order valence-electron chi connectivity index (χ1n) is 8.05. The highest BCUT2D eigenvalue weighted by Crippen LogP contribution is 2.28. The molecule has 2 heterocycles. The van der Waals surface area contributed by atoms with Gasteiger partial charge in [-0.2, -0.15) is 0 Å². The van der Waals surface area contributed by atoms with E-state index in [2.05, 4.69) is 4.90 Å². The predicted octanol–water partition coefficient (Wildman–Crippen LogP) is 0.613. The highest BCUT2D eigenvalue weighted by molar-refractivity contribution is 5.78. The standard InChI is InChI=1S/C15H26N2O3/c18-12(11-17-7-3-6-15(17)19)10-16-8-9-20-14-5-2-1-4-13(14)16/h12-14,18H,1-11H2. The maximum atomic E-state index is 11.6. The lowest BCUT2D eigenvalue weighted by molar-refractivity contribution is -0.130. The molecule has 3 atom stereocenters. The molecule has 0 aromatic rings. The van der Waals surface area contributed by atoms with Crippen LogP contribution in [-0.2, 0) is 9.53 Å². The Bertz CT molecular complexity index is 348. The summed E-state index contributed by atoms with van der Waals surface area (Å²) in [5.41, 5.74) is 0. The molecular formula is C15H26N2O3. The molecular weight excluding hydrogens is 256 g/mol. The zero-order valence-electron chi connectivity index (χ0n) is 12.2. The number of hydrogen-bond donors (Lipinski definition) is 1. The average Bonchev–Trinajstić information content (AvgIpc) is 2.85. The number of amides is 1. The van der Waals surface area contributed by atoms with Gasteiger partial charge in [0.2, 0.25) is 5.91 Å². The third kappa shape index (κ3) is 3.15. The van der Waals surface area contributed by atoms with E-state index in [0.29, 0.717) is 31.7 Å². The first-order valence-corrected chi connectivity index (χ1v) is 8.05. The highest BCUT2D eigenvalue weighted by Gasteiger charge is 2.35. The quantitative estimate of drug-likeness (QED) is 0.821. The fourth-order valence-corrected chi connectivity index (χ4v) is 3.88. The lowest BCUT2D eigenvalue weighted by Gasteiger charge is -2.44. The van der Waals surface area contributed by atoms with E-state index in [9.17, 15) is 9.90 Å². The number of aliphatic hydroxyl groups excluding tert-OH is 1. The van der Waals surface area contributed by atoms with Crippen molar-refractivity contribution >= 4 is 5.91 Å². The van der Waals surface area contributed by atoms with Crippen LogP contribution in [0.1, 0.15) is 38.5 Å². The van der Waals surface area contributed by atoms with Gasteiger partial charge in [0, 0.05) is 38.6 Å². The molecule has 0 radical (unpaired) electrons. The number of likely N-dealkylation sites (tertiary alicyclic amines) is 1. The van der Waals surface area contributed by atoms with Gasteiger partial charge >= 0.3 is 0 Å². The second-order valence-electron chi connectivity index (χ2n) is 6.35. The number of ether oxygens (including phenoxy) is 1. The number of β-amino-alcohol motifs (C(OH)–C–C–N with tert-alkyl or cyclic N) is 1. The van der Waals surface area contributed by atoms with Crippen LogP contribution in [0.15, 0.2) is 0 Å². The summed E-state index contributed by atoms with van der Waals surface area (Å²) < 4.78 is 5.86. The molecule has 1 aliphatic carbocycles. The molecule has 3 aliphatic rings. The number of rotatable bonds is 4. The smallest absolute Gasteiger partial charge is 0.222 e. The van der Waals surface area contributed by atoms with Gasteiger partial charge in [-0.1, -0.05) is 12.8 Å². The van der Waals surface area contributed by atoms with E-state index in [4.69, 9.17) is 4.74 Å². The third-order valence-corrected chi connectivity index (χ3v) is 4.89. The van der Waals surface area contributed by atoms with Crippen molar-refractivity contribution in [2.24, 2.45) is 0 Å². The second kappa shape index (κ2) is 6.41. The summed E-state index contributed by atoms with van der Waals surface area (Å²) in [6.45, 7) is 3.66. The van der Waals surface area contributed by atoms with Crippen LogP contribution in [0, 0.1) is 0 Å². The summed E-state index contributed by atoms with van der Waals surface area (Å²) in [4.78, 5) is 15.8. The second-order valence-corrected chi connectivity index (χ2v) is 6.35. The first kappa shape index (κ1) is 14.3. The van der Waals surface area contributed by atoms with Crippen molar-refractivity contribution in [3.8, 4) is 0 Å². The summed E-state index contributed by atoms with van der Waals surface area (Å²) in [7, 11) is 0. The molecule has 20 heavy (non-hydrogen) atoms. The summed E-state index contributed by atoms with van der Waals surface area (Å²) in [6, 6.07) is 0.474. The van der Waals surface area contributed by atoms with Gasteiger partial charge in [0.15, 0.2) is 0 Å². The number of nitrogens with zero attached hydrogens (tertiary/aromatic N) is 2. The molecule has 3 rings (SSSR count). The van der Waals surface area contributed by atoms with Crippen molar-refractivity contribution in [1.82, 2.24) is 9.80 Å². The van der Waals surface area contributed by atoms with Crippen molar-refractivity contribution < 1.29 is 14.6 Å². The number of carbonyl (C=O) groups excluding carboxylic acids is 1. The van der Waals surface area contributed by atoms with E-state index in [-0.39, 0.29) is 5.91 Å². The third-order valence-electron chi connectivity index (χ3n) is 4.89. The maximum absolute atomic E-state index is 11.6. The molecule has 0 aromatic heterocycles. The normalized spacial score (nSPS) is 33.2. The molecule has 1 N–H and O–H groups in total. The van der Waals surface area contributed by atoms with Crippen LogP contribution in [0.25, 0.3) is 0 Å². The molecule has 2 aliphatic heterocycles. The molecule has 0 bridgehead atoms. The monoisotopic (exact) mass is 282 g/mol. The van der Waals surface area contributed by atoms with Crippen LogP contribution < -0.4 is 0 Å². The van der Waals surface area contributed by atoms with Gasteiger partial charge in [0.1, 0.15) is 0 Å². The van der Waals surface area contributed by atoms with E-state index in [1.807, 2.05) is 4.90 Å². The zero-order valence-corrected chi connectivity index (χ0v) is 12.2. The molecule has 114 valence electrons. The Hall–Kier alpha value is -0.650. The molecule has 3 unspecified atom stereocenters. The van der Waals surface area contributed by atoms with Gasteiger partial charge in [0.25, 0.3) is 0 Å². The van der Waals surface area contributed by atoms with Crippen molar-refractivity contribution in [2.45, 2.75) is 56.8 Å². The van der Waals surface area contributed by atoms with Crippen LogP contribution in [0.4, 0.5) is 0 Å². The molecule has 5 nitrogen and oxygen atoms in total. The molecule has 0 aromatic carbocycles. The van der Waals surface area contributed by atoms with Crippen molar-refractivity contribution in [3.05, 3.63) is 0 Å². The Morgan fingerprint density at radius 3 is 2.85 bits per heavy atom. The first-order chi connectivity index (χ1) is 9.74. The highest BCUT2D eigenvalue weighted by atomic mass is 16.5. The number of fused-ring (bicyclic) bond motifs is 1. The maximum Gasteiger partial charge on any atom is 0.222 e. The van der Waals surface area contributed by atoms with Crippen LogP contribution in [0.3, 0.4) is 0 Å². The Morgan fingerprint density at radius 1 is 1.20 bits per heavy atom. The summed E-state index contributed by atoms with van der Waals surface area (Å²) in [5, 5.41) is 10.3. The average molecular weight is 282 g/mol. The zero-order chi connectivity index (χ0) is 13.9. The van der Waals surface area contributed by atoms with Gasteiger partial charge in [-0.05, 0) is 19.3 Å². The number of carbonyl (C=O) groups is 1. The fourth-order valence-electron chi connectivity index (χ4n) is 3.88. The summed E-state index contributed by atoms with van der Waals surface area (Å²) in [6.07, 6.45) is 6.38. The van der Waals surface area contributed by atoms with Gasteiger partial charge in [-0.15, -0.1) is 0 Å². The number of hydrogen-bond acceptors (Lipinski definition) is 4. The fraction of sp³-hybridized carbons (Fsp3) is 0.933. The van der Waals surface area contributed by atoms with Crippen molar-refractivity contribution in [2.75, 3.05) is 32.8 Å². The molecule has 5 heteroatoms. The van der Waals surface area contributed by atoms with Crippen LogP contribution in [0.5, 0.6) is 0 Å². The topological polar surface area (TPSA) is 53.0 Å². The molecule has 3 fully saturated rings. The Balaban J connectivity index is 1.51. The minimum absolute atomic E-state index is 0.196. The number of morpholine rings is 1. The largest absolute Gasteiger partial charge is 0.390 e. The van der Waals surface area contributed by atoms with Gasteiger partial charge in [-0.25, -0.2) is 0 Å². The molecule has 1 saturated carbocycles. The van der Waals surface area contributed by atoms with E-state index < -0.39 is 6.10 Å². The summed E-state index contributed by atoms with van der Waals surface area (Å²) >= 11 is 0. The van der Waals surface area contributed by atoms with Crippen LogP contribution in [0.2, 0.25) is 0 Å². The van der Waals surface area contributed by atoms with Crippen molar-refractivity contribution in [1.29, 1.82) is 0 Å². The lowest BCUT2D eigenvalue weighted by atomic mass is 9.90. The Kier molecular flexibility index (Phi) is 4.58. The minimum Gasteiger partial charge on any atom is -0.390 e. The summed E-state index contributed by atoms with van der Waals surface area (Å²) in [5.74, 6) is 0.196.